The zero-order valence-electron chi connectivity index (χ0n) is 13.1. The predicted octanol–water partition coefficient (Wildman–Crippen LogP) is 3.61. The predicted molar refractivity (Wildman–Crippen MR) is 84.7 cm³/mol. The highest BCUT2D eigenvalue weighted by Crippen LogP contribution is 2.34. The molecular weight excluding hydrogens is 339 g/mol. The van der Waals surface area contributed by atoms with Crippen LogP contribution in [0.3, 0.4) is 0 Å². The van der Waals surface area contributed by atoms with E-state index in [1.807, 2.05) is 19.1 Å². The highest BCUT2D eigenvalue weighted by molar-refractivity contribution is 5.80. The van der Waals surface area contributed by atoms with Gasteiger partial charge in [0.05, 0.1) is 16.9 Å². The highest BCUT2D eigenvalue weighted by Gasteiger charge is 2.33. The van der Waals surface area contributed by atoms with Crippen molar-refractivity contribution in [2.75, 3.05) is 5.43 Å². The summed E-state index contributed by atoms with van der Waals surface area (Å²) in [5.41, 5.74) is 4.13. The lowest BCUT2D eigenvalue weighted by Crippen LogP contribution is -2.31. The quantitative estimate of drug-likeness (QED) is 0.635. The number of benzene rings is 2. The van der Waals surface area contributed by atoms with E-state index in [4.69, 9.17) is 0 Å². The molecule has 0 aliphatic rings. The van der Waals surface area contributed by atoms with E-state index in [0.717, 1.165) is 17.2 Å². The number of nitro benzene ring substituents is 1. The molecule has 0 saturated carbocycles. The minimum absolute atomic E-state index is 0.0156. The number of amides is 1. The molecule has 2 N–H and O–H groups in total. The summed E-state index contributed by atoms with van der Waals surface area (Å²) in [6.07, 6.45) is -4.68. The number of rotatable bonds is 5. The van der Waals surface area contributed by atoms with Gasteiger partial charge in [0, 0.05) is 6.07 Å². The van der Waals surface area contributed by atoms with E-state index in [2.05, 4.69) is 10.9 Å². The Labute approximate surface area is 140 Å². The lowest BCUT2D eigenvalue weighted by molar-refractivity contribution is -0.384. The van der Waals surface area contributed by atoms with Gasteiger partial charge >= 0.3 is 6.18 Å². The Bertz CT molecular complexity index is 789. The van der Waals surface area contributed by atoms with Crippen LogP contribution in [-0.4, -0.2) is 10.8 Å². The maximum Gasteiger partial charge on any atom is 0.416 e. The van der Waals surface area contributed by atoms with Gasteiger partial charge in [-0.2, -0.15) is 13.2 Å². The number of nitrogens with zero attached hydrogens (tertiary/aromatic N) is 1. The number of anilines is 1. The second-order valence-electron chi connectivity index (χ2n) is 5.32. The topological polar surface area (TPSA) is 84.3 Å². The lowest BCUT2D eigenvalue weighted by atomic mass is 10.1. The zero-order chi connectivity index (χ0) is 18.6. The van der Waals surface area contributed by atoms with Crippen molar-refractivity contribution in [3.63, 3.8) is 0 Å². The van der Waals surface area contributed by atoms with E-state index in [9.17, 15) is 28.1 Å². The number of nitro groups is 1. The molecule has 0 spiro atoms. The number of hydrogen-bond donors (Lipinski definition) is 2. The van der Waals surface area contributed by atoms with Crippen molar-refractivity contribution < 1.29 is 22.9 Å². The molecule has 0 unspecified atom stereocenters. The first-order valence-electron chi connectivity index (χ1n) is 7.13. The lowest BCUT2D eigenvalue weighted by Gasteiger charge is -2.11. The van der Waals surface area contributed by atoms with Gasteiger partial charge in [0.15, 0.2) is 0 Å². The number of nitrogens with one attached hydrogen (secondary N) is 2. The van der Waals surface area contributed by atoms with Crippen LogP contribution < -0.4 is 10.9 Å². The highest BCUT2D eigenvalue weighted by atomic mass is 19.4. The summed E-state index contributed by atoms with van der Waals surface area (Å²) in [7, 11) is 0. The Kier molecular flexibility index (Phi) is 5.26. The number of carbonyl (C=O) groups excluding carboxylic acids is 1. The summed E-state index contributed by atoms with van der Waals surface area (Å²) in [4.78, 5) is 21.9. The molecule has 0 fully saturated rings. The maximum absolute atomic E-state index is 12.6. The molecule has 0 aromatic heterocycles. The third-order valence-electron chi connectivity index (χ3n) is 3.34. The summed E-state index contributed by atoms with van der Waals surface area (Å²) in [5.74, 6) is -0.488. The Hall–Kier alpha value is -3.10. The summed E-state index contributed by atoms with van der Waals surface area (Å²) in [6, 6.07) is 9.18. The van der Waals surface area contributed by atoms with E-state index >= 15 is 0 Å². The molecule has 2 rings (SSSR count). The number of aryl methyl sites for hydroxylation is 1. The van der Waals surface area contributed by atoms with Crippen LogP contribution in [0, 0.1) is 17.0 Å². The minimum atomic E-state index is -4.70. The van der Waals surface area contributed by atoms with Gasteiger partial charge in [-0.25, -0.2) is 0 Å². The van der Waals surface area contributed by atoms with Crippen LogP contribution in [0.25, 0.3) is 0 Å². The van der Waals surface area contributed by atoms with E-state index < -0.39 is 28.3 Å². The Morgan fingerprint density at radius 2 is 1.80 bits per heavy atom. The van der Waals surface area contributed by atoms with Crippen LogP contribution in [-0.2, 0) is 17.4 Å². The molecule has 6 nitrogen and oxygen atoms in total. The maximum atomic E-state index is 12.6. The first-order valence-corrected chi connectivity index (χ1v) is 7.13. The second-order valence-corrected chi connectivity index (χ2v) is 5.32. The van der Waals surface area contributed by atoms with Crippen LogP contribution in [0.4, 0.5) is 24.5 Å². The van der Waals surface area contributed by atoms with E-state index in [1.165, 1.54) is 0 Å². The second kappa shape index (κ2) is 7.20. The van der Waals surface area contributed by atoms with Crippen LogP contribution in [0.5, 0.6) is 0 Å². The minimum Gasteiger partial charge on any atom is -0.292 e. The van der Waals surface area contributed by atoms with Crippen molar-refractivity contribution in [3.8, 4) is 0 Å². The first kappa shape index (κ1) is 18.2. The van der Waals surface area contributed by atoms with Gasteiger partial charge in [0.1, 0.15) is 5.69 Å². The fourth-order valence-corrected chi connectivity index (χ4v) is 2.04. The van der Waals surface area contributed by atoms with Crippen LogP contribution >= 0.6 is 0 Å². The average Bonchev–Trinajstić information content (AvgIpc) is 2.54. The third kappa shape index (κ3) is 4.93. The van der Waals surface area contributed by atoms with Gasteiger partial charge < -0.3 is 0 Å². The Morgan fingerprint density at radius 3 is 2.36 bits per heavy atom. The van der Waals surface area contributed by atoms with Crippen molar-refractivity contribution in [2.45, 2.75) is 19.5 Å². The smallest absolute Gasteiger partial charge is 0.292 e. The van der Waals surface area contributed by atoms with Crippen LogP contribution in [0.2, 0.25) is 0 Å². The molecule has 0 radical (unpaired) electrons. The van der Waals surface area contributed by atoms with E-state index in [-0.39, 0.29) is 12.1 Å². The summed E-state index contributed by atoms with van der Waals surface area (Å²) >= 11 is 0. The number of hydrazine groups is 1. The molecule has 0 bridgehead atoms. The SMILES string of the molecule is Cc1ccc(CC(=O)NNc2ccc(C(F)(F)F)cc2[N+](=O)[O-])cc1. The summed E-state index contributed by atoms with van der Waals surface area (Å²) < 4.78 is 37.9. The number of alkyl halides is 3. The fraction of sp³-hybridized carbons (Fsp3) is 0.188. The molecule has 9 heteroatoms. The van der Waals surface area contributed by atoms with Gasteiger partial charge in [-0.1, -0.05) is 29.8 Å². The van der Waals surface area contributed by atoms with Gasteiger partial charge in [-0.15, -0.1) is 0 Å². The molecule has 0 heterocycles. The molecule has 0 saturated heterocycles. The molecule has 0 atom stereocenters. The molecular formula is C16H14F3N3O3. The number of hydrogen-bond acceptors (Lipinski definition) is 4. The first-order chi connectivity index (χ1) is 11.7. The van der Waals surface area contributed by atoms with E-state index in [0.29, 0.717) is 12.1 Å². The largest absolute Gasteiger partial charge is 0.416 e. The Balaban J connectivity index is 2.07. The van der Waals surface area contributed by atoms with Gasteiger partial charge in [0.2, 0.25) is 5.91 Å². The van der Waals surface area contributed by atoms with Crippen molar-refractivity contribution in [3.05, 3.63) is 69.3 Å². The van der Waals surface area contributed by atoms with Crippen molar-refractivity contribution in [1.82, 2.24) is 5.43 Å². The van der Waals surface area contributed by atoms with Crippen molar-refractivity contribution >= 4 is 17.3 Å². The van der Waals surface area contributed by atoms with E-state index in [1.54, 1.807) is 12.1 Å². The van der Waals surface area contributed by atoms with Crippen LogP contribution in [0.15, 0.2) is 42.5 Å². The third-order valence-corrected chi connectivity index (χ3v) is 3.34. The molecule has 25 heavy (non-hydrogen) atoms. The molecule has 2 aromatic carbocycles. The molecule has 132 valence electrons. The number of halogens is 3. The van der Waals surface area contributed by atoms with Gasteiger partial charge in [-0.3, -0.25) is 25.8 Å². The average molecular weight is 353 g/mol. The number of carbonyl (C=O) groups is 1. The standard InChI is InChI=1S/C16H14F3N3O3/c1-10-2-4-11(5-3-10)8-15(23)21-20-13-7-6-12(16(17,18)19)9-14(13)22(24)25/h2-7,9,20H,8H2,1H3,(H,21,23). The molecule has 2 aromatic rings. The molecule has 1 amide bonds. The van der Waals surface area contributed by atoms with Gasteiger partial charge in [-0.05, 0) is 24.6 Å². The van der Waals surface area contributed by atoms with Gasteiger partial charge in [0.25, 0.3) is 5.69 Å². The Morgan fingerprint density at radius 1 is 1.16 bits per heavy atom. The van der Waals surface area contributed by atoms with Crippen molar-refractivity contribution in [2.24, 2.45) is 0 Å². The monoisotopic (exact) mass is 353 g/mol. The fourth-order valence-electron chi connectivity index (χ4n) is 2.04. The normalized spacial score (nSPS) is 11.0. The molecule has 0 aliphatic heterocycles. The van der Waals surface area contributed by atoms with Crippen molar-refractivity contribution in [1.29, 1.82) is 0 Å². The molecule has 0 aliphatic carbocycles. The van der Waals surface area contributed by atoms with Crippen LogP contribution in [0.1, 0.15) is 16.7 Å². The summed E-state index contributed by atoms with van der Waals surface area (Å²) in [6.45, 7) is 1.90. The summed E-state index contributed by atoms with van der Waals surface area (Å²) in [5, 5.41) is 11.0. The zero-order valence-corrected chi connectivity index (χ0v) is 13.1.